The van der Waals surface area contributed by atoms with Crippen molar-refractivity contribution in [1.82, 2.24) is 4.90 Å². The van der Waals surface area contributed by atoms with E-state index >= 15 is 0 Å². The molecule has 144 valence electrons. The average Bonchev–Trinajstić information content (AvgIpc) is 2.64. The SMILES string of the molecule is CN1CCN(c2ccc(NC(=O)Cc3ccc(OC(F)F)cc3)cc2)CC1. The van der Waals surface area contributed by atoms with Crippen molar-refractivity contribution in [2.24, 2.45) is 0 Å². The van der Waals surface area contributed by atoms with Crippen molar-refractivity contribution in [2.45, 2.75) is 13.0 Å². The van der Waals surface area contributed by atoms with Crippen LogP contribution in [0.2, 0.25) is 0 Å². The number of halogens is 2. The largest absolute Gasteiger partial charge is 0.435 e. The van der Waals surface area contributed by atoms with Gasteiger partial charge in [-0.1, -0.05) is 12.1 Å². The number of carbonyl (C=O) groups is 1. The normalized spacial score (nSPS) is 15.0. The highest BCUT2D eigenvalue weighted by Gasteiger charge is 2.14. The van der Waals surface area contributed by atoms with Crippen LogP contribution in [0.5, 0.6) is 5.75 Å². The molecule has 2 aromatic carbocycles. The molecule has 27 heavy (non-hydrogen) atoms. The molecule has 0 spiro atoms. The van der Waals surface area contributed by atoms with E-state index in [1.807, 2.05) is 24.3 Å². The number of ether oxygens (including phenoxy) is 1. The summed E-state index contributed by atoms with van der Waals surface area (Å²) in [4.78, 5) is 16.8. The van der Waals surface area contributed by atoms with E-state index in [0.29, 0.717) is 0 Å². The number of anilines is 2. The molecule has 3 rings (SSSR count). The zero-order valence-electron chi connectivity index (χ0n) is 15.2. The van der Waals surface area contributed by atoms with E-state index in [2.05, 4.69) is 26.9 Å². The highest BCUT2D eigenvalue weighted by molar-refractivity contribution is 5.92. The molecule has 0 unspecified atom stereocenters. The first kappa shape index (κ1) is 19.1. The van der Waals surface area contributed by atoms with Crippen molar-refractivity contribution in [3.05, 3.63) is 54.1 Å². The molecule has 1 amide bonds. The molecule has 0 saturated carbocycles. The Morgan fingerprint density at radius 1 is 1.04 bits per heavy atom. The summed E-state index contributed by atoms with van der Waals surface area (Å²) < 4.78 is 28.6. The first-order valence-electron chi connectivity index (χ1n) is 8.87. The fourth-order valence-corrected chi connectivity index (χ4v) is 3.00. The fourth-order valence-electron chi connectivity index (χ4n) is 3.00. The number of hydrogen-bond acceptors (Lipinski definition) is 4. The van der Waals surface area contributed by atoms with Crippen molar-refractivity contribution in [3.63, 3.8) is 0 Å². The van der Waals surface area contributed by atoms with Gasteiger partial charge in [0.25, 0.3) is 0 Å². The minimum absolute atomic E-state index is 0.0775. The van der Waals surface area contributed by atoms with Gasteiger partial charge in [-0.25, -0.2) is 0 Å². The van der Waals surface area contributed by atoms with Gasteiger partial charge in [-0.2, -0.15) is 8.78 Å². The van der Waals surface area contributed by atoms with Crippen LogP contribution in [0.3, 0.4) is 0 Å². The van der Waals surface area contributed by atoms with E-state index in [9.17, 15) is 13.6 Å². The topological polar surface area (TPSA) is 44.8 Å². The van der Waals surface area contributed by atoms with Crippen LogP contribution >= 0.6 is 0 Å². The van der Waals surface area contributed by atoms with Crippen molar-refractivity contribution < 1.29 is 18.3 Å². The van der Waals surface area contributed by atoms with Gasteiger partial charge in [-0.3, -0.25) is 4.79 Å². The number of piperazine rings is 1. The molecule has 1 aliphatic rings. The monoisotopic (exact) mass is 375 g/mol. The van der Waals surface area contributed by atoms with Crippen LogP contribution in [0.1, 0.15) is 5.56 Å². The lowest BCUT2D eigenvalue weighted by Gasteiger charge is -2.34. The molecule has 1 saturated heterocycles. The second kappa shape index (κ2) is 8.81. The molecule has 0 radical (unpaired) electrons. The van der Waals surface area contributed by atoms with Gasteiger partial charge in [0.15, 0.2) is 0 Å². The van der Waals surface area contributed by atoms with Crippen molar-refractivity contribution in [3.8, 4) is 5.75 Å². The summed E-state index contributed by atoms with van der Waals surface area (Å²) in [5.41, 5.74) is 2.61. The number of carbonyl (C=O) groups excluding carboxylic acids is 1. The van der Waals surface area contributed by atoms with Gasteiger partial charge in [0.1, 0.15) is 5.75 Å². The summed E-state index contributed by atoms with van der Waals surface area (Å²) in [5.74, 6) is -0.0847. The zero-order chi connectivity index (χ0) is 19.2. The van der Waals surface area contributed by atoms with E-state index in [1.165, 1.54) is 12.1 Å². The summed E-state index contributed by atoms with van der Waals surface area (Å²) in [6.45, 7) is 1.22. The maximum Gasteiger partial charge on any atom is 0.387 e. The molecule has 5 nitrogen and oxygen atoms in total. The van der Waals surface area contributed by atoms with Gasteiger partial charge >= 0.3 is 6.61 Å². The van der Waals surface area contributed by atoms with Gasteiger partial charge < -0.3 is 19.9 Å². The quantitative estimate of drug-likeness (QED) is 0.842. The Morgan fingerprint density at radius 3 is 2.26 bits per heavy atom. The van der Waals surface area contributed by atoms with Crippen LogP contribution < -0.4 is 15.0 Å². The molecule has 7 heteroatoms. The molecule has 1 N–H and O–H groups in total. The standard InChI is InChI=1S/C20H23F2N3O2/c1-24-10-12-25(13-11-24)17-6-4-16(5-7-17)23-19(26)14-15-2-8-18(9-3-15)27-20(21)22/h2-9,20H,10-14H2,1H3,(H,23,26). The minimum atomic E-state index is -2.85. The van der Waals surface area contributed by atoms with Gasteiger partial charge in [0, 0.05) is 37.6 Å². The summed E-state index contributed by atoms with van der Waals surface area (Å²) in [7, 11) is 2.12. The first-order chi connectivity index (χ1) is 13.0. The number of benzene rings is 2. The molecule has 1 aliphatic heterocycles. The van der Waals surface area contributed by atoms with Gasteiger partial charge in [0.2, 0.25) is 5.91 Å². The molecule has 2 aromatic rings. The van der Waals surface area contributed by atoms with Crippen LogP contribution in [-0.2, 0) is 11.2 Å². The van der Waals surface area contributed by atoms with Crippen LogP contribution in [0, 0.1) is 0 Å². The zero-order valence-corrected chi connectivity index (χ0v) is 15.2. The van der Waals surface area contributed by atoms with E-state index in [1.54, 1.807) is 12.1 Å². The average molecular weight is 375 g/mol. The van der Waals surface area contributed by atoms with E-state index in [4.69, 9.17) is 0 Å². The molecular weight excluding hydrogens is 352 g/mol. The Bertz CT molecular complexity index is 743. The minimum Gasteiger partial charge on any atom is -0.435 e. The van der Waals surface area contributed by atoms with Crippen molar-refractivity contribution in [2.75, 3.05) is 43.4 Å². The lowest BCUT2D eigenvalue weighted by Crippen LogP contribution is -2.44. The predicted octanol–water partition coefficient (Wildman–Crippen LogP) is 3.22. The maximum atomic E-state index is 12.2. The third-order valence-electron chi connectivity index (χ3n) is 4.53. The number of alkyl halides is 2. The smallest absolute Gasteiger partial charge is 0.387 e. The first-order valence-corrected chi connectivity index (χ1v) is 8.87. The maximum absolute atomic E-state index is 12.2. The number of rotatable bonds is 6. The number of amides is 1. The number of nitrogens with one attached hydrogen (secondary N) is 1. The van der Waals surface area contributed by atoms with Gasteiger partial charge in [0.05, 0.1) is 6.42 Å². The summed E-state index contributed by atoms with van der Waals surface area (Å²) in [5, 5.41) is 2.86. The Labute approximate surface area is 157 Å². The van der Waals surface area contributed by atoms with Gasteiger partial charge in [-0.05, 0) is 49.0 Å². The molecule has 1 heterocycles. The Kier molecular flexibility index (Phi) is 6.24. The molecule has 1 fully saturated rings. The molecule has 0 atom stereocenters. The number of likely N-dealkylation sites (N-methyl/N-ethyl adjacent to an activating group) is 1. The molecule has 0 aliphatic carbocycles. The van der Waals surface area contributed by atoms with Crippen LogP contribution in [-0.4, -0.2) is 50.6 Å². The second-order valence-electron chi connectivity index (χ2n) is 6.58. The summed E-state index contributed by atoms with van der Waals surface area (Å²) in [6.07, 6.45) is 0.162. The highest BCUT2D eigenvalue weighted by atomic mass is 19.3. The number of hydrogen-bond donors (Lipinski definition) is 1. The van der Waals surface area contributed by atoms with Crippen LogP contribution in [0.25, 0.3) is 0 Å². The third-order valence-corrected chi connectivity index (χ3v) is 4.53. The Morgan fingerprint density at radius 2 is 1.67 bits per heavy atom. The predicted molar refractivity (Wildman–Crippen MR) is 102 cm³/mol. The van der Waals surface area contributed by atoms with E-state index in [-0.39, 0.29) is 18.1 Å². The van der Waals surface area contributed by atoms with Crippen LogP contribution in [0.15, 0.2) is 48.5 Å². The lowest BCUT2D eigenvalue weighted by molar-refractivity contribution is -0.115. The van der Waals surface area contributed by atoms with E-state index < -0.39 is 6.61 Å². The Balaban J connectivity index is 1.51. The Hall–Kier alpha value is -2.67. The lowest BCUT2D eigenvalue weighted by atomic mass is 10.1. The van der Waals surface area contributed by atoms with Crippen LogP contribution in [0.4, 0.5) is 20.2 Å². The second-order valence-corrected chi connectivity index (χ2v) is 6.58. The summed E-state index contributed by atoms with van der Waals surface area (Å²) in [6, 6.07) is 13.9. The van der Waals surface area contributed by atoms with Crippen molar-refractivity contribution >= 4 is 17.3 Å². The van der Waals surface area contributed by atoms with Crippen molar-refractivity contribution in [1.29, 1.82) is 0 Å². The molecule has 0 aromatic heterocycles. The fraction of sp³-hybridized carbons (Fsp3) is 0.350. The summed E-state index contributed by atoms with van der Waals surface area (Å²) >= 11 is 0. The highest BCUT2D eigenvalue weighted by Crippen LogP contribution is 2.20. The van der Waals surface area contributed by atoms with Gasteiger partial charge in [-0.15, -0.1) is 0 Å². The molecule has 0 bridgehead atoms. The number of nitrogens with zero attached hydrogens (tertiary/aromatic N) is 2. The van der Waals surface area contributed by atoms with E-state index in [0.717, 1.165) is 43.1 Å². The molecular formula is C20H23F2N3O2. The third kappa shape index (κ3) is 5.65.